The molecule has 1 unspecified atom stereocenters. The van der Waals surface area contributed by atoms with Crippen LogP contribution in [0, 0.1) is 0 Å². The van der Waals surface area contributed by atoms with Crippen molar-refractivity contribution in [1.82, 2.24) is 0 Å². The lowest BCUT2D eigenvalue weighted by Crippen LogP contribution is -2.17. The van der Waals surface area contributed by atoms with Crippen molar-refractivity contribution in [1.29, 1.82) is 0 Å². The van der Waals surface area contributed by atoms with Gasteiger partial charge in [-0.05, 0) is 38.6 Å². The lowest BCUT2D eigenvalue weighted by molar-refractivity contribution is 0.0749. The third kappa shape index (κ3) is 1.31. The van der Waals surface area contributed by atoms with Crippen molar-refractivity contribution in [2.24, 2.45) is 0 Å². The Bertz CT molecular complexity index is 1110. The molecule has 0 fully saturated rings. The van der Waals surface area contributed by atoms with Gasteiger partial charge in [-0.25, -0.2) is 0 Å². The maximum atomic E-state index is 12.6. The van der Waals surface area contributed by atoms with Gasteiger partial charge in [0, 0.05) is 10.9 Å². The van der Waals surface area contributed by atoms with Crippen LogP contribution in [0.5, 0.6) is 0 Å². The highest BCUT2D eigenvalue weighted by Crippen LogP contribution is 2.42. The largest absolute Gasteiger partial charge is 0.380 e. The van der Waals surface area contributed by atoms with Gasteiger partial charge >= 0.3 is 0 Å². The van der Waals surface area contributed by atoms with Crippen LogP contribution in [-0.4, -0.2) is 10.9 Å². The molecule has 104 valence electrons. The van der Waals surface area contributed by atoms with E-state index in [1.165, 1.54) is 0 Å². The molecule has 4 aromatic rings. The van der Waals surface area contributed by atoms with Crippen LogP contribution in [0.4, 0.5) is 0 Å². The first-order chi connectivity index (χ1) is 10.8. The molecule has 0 radical (unpaired) electrons. The number of hydrogen-bond donors (Lipinski definition) is 1. The zero-order valence-electron chi connectivity index (χ0n) is 11.7. The molecule has 0 heterocycles. The topological polar surface area (TPSA) is 37.3 Å². The Balaban J connectivity index is 2.18. The van der Waals surface area contributed by atoms with Crippen molar-refractivity contribution in [2.75, 3.05) is 0 Å². The van der Waals surface area contributed by atoms with Gasteiger partial charge in [0.25, 0.3) is 0 Å². The lowest BCUT2D eigenvalue weighted by Gasteiger charge is -2.22. The molecular formula is C20H12O2. The summed E-state index contributed by atoms with van der Waals surface area (Å²) in [5.41, 5.74) is 1.35. The van der Waals surface area contributed by atoms with Crippen molar-refractivity contribution < 1.29 is 9.90 Å². The van der Waals surface area contributed by atoms with E-state index >= 15 is 0 Å². The molecule has 0 aromatic heterocycles. The van der Waals surface area contributed by atoms with Crippen molar-refractivity contribution in [3.8, 4) is 0 Å². The molecule has 0 saturated carbocycles. The van der Waals surface area contributed by atoms with Gasteiger partial charge in [-0.15, -0.1) is 0 Å². The van der Waals surface area contributed by atoms with E-state index in [-0.39, 0.29) is 5.78 Å². The van der Waals surface area contributed by atoms with Gasteiger partial charge < -0.3 is 5.11 Å². The first kappa shape index (κ1) is 11.9. The van der Waals surface area contributed by atoms with Gasteiger partial charge in [-0.1, -0.05) is 54.6 Å². The average Bonchev–Trinajstić information content (AvgIpc) is 2.57. The minimum Gasteiger partial charge on any atom is -0.380 e. The maximum absolute atomic E-state index is 12.6. The summed E-state index contributed by atoms with van der Waals surface area (Å²) in [5.74, 6) is -0.207. The summed E-state index contributed by atoms with van der Waals surface area (Å²) in [4.78, 5) is 12.6. The normalized spacial score (nSPS) is 17.0. The molecule has 4 aromatic carbocycles. The lowest BCUT2D eigenvalue weighted by atomic mass is 9.82. The number of ketones is 1. The number of fused-ring (bicyclic) bond motifs is 2. The second kappa shape index (κ2) is 3.93. The van der Waals surface area contributed by atoms with E-state index in [0.29, 0.717) is 5.56 Å². The zero-order valence-corrected chi connectivity index (χ0v) is 11.7. The van der Waals surface area contributed by atoms with Gasteiger partial charge in [-0.2, -0.15) is 0 Å². The number of benzene rings is 4. The number of rotatable bonds is 0. The number of aliphatic hydroxyl groups excluding tert-OH is 1. The van der Waals surface area contributed by atoms with E-state index in [0.717, 1.165) is 37.9 Å². The number of carbonyl (C=O) groups excluding carboxylic acids is 1. The molecule has 1 N–H and O–H groups in total. The first-order valence-corrected chi connectivity index (χ1v) is 7.35. The van der Waals surface area contributed by atoms with Gasteiger partial charge in [0.2, 0.25) is 0 Å². The van der Waals surface area contributed by atoms with Crippen LogP contribution >= 0.6 is 0 Å². The zero-order chi connectivity index (χ0) is 14.8. The van der Waals surface area contributed by atoms with E-state index in [9.17, 15) is 9.90 Å². The quantitative estimate of drug-likeness (QED) is 0.487. The molecule has 0 spiro atoms. The summed E-state index contributed by atoms with van der Waals surface area (Å²) >= 11 is 0. The SMILES string of the molecule is O=C1c2cc3ccccc3c3ccc4cccc(c4c23)C1O. The molecule has 1 atom stereocenters. The highest BCUT2D eigenvalue weighted by atomic mass is 16.3. The average molecular weight is 284 g/mol. The van der Waals surface area contributed by atoms with Gasteiger partial charge in [0.15, 0.2) is 5.78 Å². The fourth-order valence-electron chi connectivity index (χ4n) is 3.72. The van der Waals surface area contributed by atoms with Crippen LogP contribution < -0.4 is 0 Å². The fourth-order valence-corrected chi connectivity index (χ4v) is 3.72. The van der Waals surface area contributed by atoms with E-state index in [1.807, 2.05) is 42.5 Å². The molecule has 5 rings (SSSR count). The molecule has 0 saturated heterocycles. The Labute approximate surface area is 126 Å². The van der Waals surface area contributed by atoms with Crippen molar-refractivity contribution in [3.05, 3.63) is 71.8 Å². The highest BCUT2D eigenvalue weighted by Gasteiger charge is 2.29. The van der Waals surface area contributed by atoms with Crippen LogP contribution in [0.3, 0.4) is 0 Å². The second-order valence-corrected chi connectivity index (χ2v) is 5.85. The molecule has 0 aliphatic heterocycles. The number of aliphatic hydroxyl groups is 1. The van der Waals surface area contributed by atoms with Crippen molar-refractivity contribution in [2.45, 2.75) is 6.10 Å². The Morgan fingerprint density at radius 1 is 0.773 bits per heavy atom. The second-order valence-electron chi connectivity index (χ2n) is 5.85. The minimum atomic E-state index is -1.07. The minimum absolute atomic E-state index is 0.207. The Kier molecular flexibility index (Phi) is 2.13. The van der Waals surface area contributed by atoms with Crippen LogP contribution in [-0.2, 0) is 0 Å². The number of hydrogen-bond acceptors (Lipinski definition) is 2. The van der Waals surface area contributed by atoms with Crippen LogP contribution in [0.2, 0.25) is 0 Å². The molecule has 1 aliphatic carbocycles. The standard InChI is InChI=1S/C20H12O2/c21-19-15-7-3-5-11-8-9-14-13-6-2-1-4-12(13)10-16(20(19)22)18(14)17(11)15/h1-10,19,21H. The molecule has 2 nitrogen and oxygen atoms in total. The molecule has 0 amide bonds. The summed E-state index contributed by atoms with van der Waals surface area (Å²) in [6.07, 6.45) is -1.07. The molecule has 1 aliphatic rings. The van der Waals surface area contributed by atoms with Gasteiger partial charge in [0.1, 0.15) is 6.10 Å². The highest BCUT2D eigenvalue weighted by molar-refractivity contribution is 6.29. The van der Waals surface area contributed by atoms with E-state index in [2.05, 4.69) is 18.2 Å². The molecule has 2 heteroatoms. The van der Waals surface area contributed by atoms with Crippen LogP contribution in [0.25, 0.3) is 32.3 Å². The maximum Gasteiger partial charge on any atom is 0.196 e. The van der Waals surface area contributed by atoms with Crippen molar-refractivity contribution in [3.63, 3.8) is 0 Å². The summed E-state index contributed by atoms with van der Waals surface area (Å²) in [5, 5.41) is 16.7. The van der Waals surface area contributed by atoms with Crippen LogP contribution in [0.15, 0.2) is 60.7 Å². The van der Waals surface area contributed by atoms with Crippen LogP contribution in [0.1, 0.15) is 22.0 Å². The van der Waals surface area contributed by atoms with Crippen molar-refractivity contribution >= 4 is 38.1 Å². The predicted molar refractivity (Wildman–Crippen MR) is 88.3 cm³/mol. The Morgan fingerprint density at radius 2 is 1.59 bits per heavy atom. The summed E-state index contributed by atoms with van der Waals surface area (Å²) in [6, 6.07) is 19.9. The first-order valence-electron chi connectivity index (χ1n) is 7.35. The Morgan fingerprint density at radius 3 is 2.50 bits per heavy atom. The third-order valence-electron chi connectivity index (χ3n) is 4.71. The van der Waals surface area contributed by atoms with E-state index in [1.54, 1.807) is 0 Å². The monoisotopic (exact) mass is 284 g/mol. The smallest absolute Gasteiger partial charge is 0.196 e. The summed E-state index contributed by atoms with van der Waals surface area (Å²) < 4.78 is 0. The molecule has 0 bridgehead atoms. The fraction of sp³-hybridized carbons (Fsp3) is 0.0500. The Hall–Kier alpha value is -2.71. The summed E-state index contributed by atoms with van der Waals surface area (Å²) in [6.45, 7) is 0. The van der Waals surface area contributed by atoms with E-state index in [4.69, 9.17) is 0 Å². The van der Waals surface area contributed by atoms with E-state index < -0.39 is 6.10 Å². The van der Waals surface area contributed by atoms with Gasteiger partial charge in [0.05, 0.1) is 0 Å². The number of carbonyl (C=O) groups is 1. The van der Waals surface area contributed by atoms with Gasteiger partial charge in [-0.3, -0.25) is 4.79 Å². The molecule has 22 heavy (non-hydrogen) atoms. The predicted octanol–water partition coefficient (Wildman–Crippen LogP) is 4.38. The summed E-state index contributed by atoms with van der Waals surface area (Å²) in [7, 11) is 0. The number of Topliss-reactive ketones (excluding diaryl/α,β-unsaturated/α-hetero) is 1. The molecular weight excluding hydrogens is 272 g/mol. The third-order valence-corrected chi connectivity index (χ3v) is 4.71.